The Balaban J connectivity index is 1.75. The molecule has 13 heteroatoms. The van der Waals surface area contributed by atoms with Crippen molar-refractivity contribution in [2.45, 2.75) is 68.3 Å². The molecule has 0 radical (unpaired) electrons. The number of esters is 1. The van der Waals surface area contributed by atoms with Crippen molar-refractivity contribution in [3.05, 3.63) is 29.8 Å². The maximum Gasteiger partial charge on any atom is 0.341 e. The number of para-hydroxylation sites is 1. The highest BCUT2D eigenvalue weighted by Crippen LogP contribution is 2.31. The van der Waals surface area contributed by atoms with E-state index in [1.807, 2.05) is 0 Å². The van der Waals surface area contributed by atoms with Crippen LogP contribution in [0.2, 0.25) is 0 Å². The van der Waals surface area contributed by atoms with Crippen LogP contribution in [0.15, 0.2) is 24.3 Å². The molecule has 0 amide bonds. The van der Waals surface area contributed by atoms with Gasteiger partial charge in [0.1, 0.15) is 60.1 Å². The van der Waals surface area contributed by atoms with Gasteiger partial charge in [-0.25, -0.2) is 4.79 Å². The van der Waals surface area contributed by atoms with E-state index in [1.54, 1.807) is 19.1 Å². The van der Waals surface area contributed by atoms with E-state index in [0.717, 1.165) is 0 Å². The molecular weight excluding hydrogens is 460 g/mol. The maximum atomic E-state index is 12.2. The van der Waals surface area contributed by atoms with Crippen LogP contribution in [0.1, 0.15) is 17.3 Å². The molecule has 7 N–H and O–H groups in total. The number of aliphatic hydroxyl groups excluding tert-OH is 7. The van der Waals surface area contributed by atoms with Crippen LogP contribution in [0.25, 0.3) is 0 Å². The van der Waals surface area contributed by atoms with Crippen molar-refractivity contribution in [1.29, 1.82) is 0 Å². The third-order valence-electron chi connectivity index (χ3n) is 5.59. The molecule has 192 valence electrons. The highest BCUT2D eigenvalue weighted by atomic mass is 16.7. The minimum absolute atomic E-state index is 0.00203. The van der Waals surface area contributed by atoms with Crippen molar-refractivity contribution in [2.75, 3.05) is 19.8 Å². The van der Waals surface area contributed by atoms with Crippen molar-refractivity contribution in [2.24, 2.45) is 0 Å². The van der Waals surface area contributed by atoms with E-state index in [9.17, 15) is 40.5 Å². The fourth-order valence-corrected chi connectivity index (χ4v) is 3.72. The third-order valence-corrected chi connectivity index (χ3v) is 5.59. The Bertz CT molecular complexity index is 803. The van der Waals surface area contributed by atoms with Gasteiger partial charge in [0, 0.05) is 0 Å². The van der Waals surface area contributed by atoms with E-state index in [0.29, 0.717) is 0 Å². The minimum atomic E-state index is -1.77. The molecule has 0 spiro atoms. The molecule has 1 aromatic carbocycles. The Morgan fingerprint density at radius 3 is 2.12 bits per heavy atom. The number of benzene rings is 1. The summed E-state index contributed by atoms with van der Waals surface area (Å²) in [6, 6.07) is 6.01. The Kier molecular flexibility index (Phi) is 9.17. The van der Waals surface area contributed by atoms with E-state index in [1.165, 1.54) is 12.1 Å². The van der Waals surface area contributed by atoms with E-state index >= 15 is 0 Å². The second-order valence-electron chi connectivity index (χ2n) is 7.84. The molecular formula is C21H30O13. The van der Waals surface area contributed by atoms with E-state index < -0.39 is 80.6 Å². The van der Waals surface area contributed by atoms with Gasteiger partial charge in [-0.3, -0.25) is 0 Å². The molecule has 2 heterocycles. The summed E-state index contributed by atoms with van der Waals surface area (Å²) in [5.41, 5.74) is 0.0508. The Hall–Kier alpha value is -1.91. The van der Waals surface area contributed by atoms with Crippen LogP contribution in [0.5, 0.6) is 5.75 Å². The van der Waals surface area contributed by atoms with Gasteiger partial charge in [-0.1, -0.05) is 12.1 Å². The lowest BCUT2D eigenvalue weighted by Crippen LogP contribution is -2.65. The number of hydrogen-bond acceptors (Lipinski definition) is 13. The van der Waals surface area contributed by atoms with Crippen LogP contribution in [-0.4, -0.2) is 123 Å². The lowest BCUT2D eigenvalue weighted by Gasteiger charge is -2.45. The van der Waals surface area contributed by atoms with Gasteiger partial charge < -0.3 is 59.4 Å². The molecule has 34 heavy (non-hydrogen) atoms. The van der Waals surface area contributed by atoms with Crippen molar-refractivity contribution >= 4 is 5.97 Å². The predicted octanol–water partition coefficient (Wildman–Crippen LogP) is -3.13. The maximum absolute atomic E-state index is 12.2. The van der Waals surface area contributed by atoms with Crippen molar-refractivity contribution < 1.29 is 64.2 Å². The Morgan fingerprint density at radius 2 is 1.47 bits per heavy atom. The van der Waals surface area contributed by atoms with Crippen molar-refractivity contribution in [1.82, 2.24) is 0 Å². The van der Waals surface area contributed by atoms with Crippen LogP contribution in [-0.2, 0) is 18.9 Å². The summed E-state index contributed by atoms with van der Waals surface area (Å²) in [5.74, 6) is -0.673. The molecule has 2 saturated heterocycles. The standard InChI is InChI=1S/C21H30O13/c1-2-30-19(29)9-5-3-4-6-10(9)31-20-17(28)15(26)18(12(8-23)33-20)34-21-16(27)14(25)13(24)11(7-22)32-21/h3-6,11-18,20-28H,2,7-8H2,1H3/t11-,12-,13+,14+,15?,16-,17-,18-,20-,21+/m1/s1. The summed E-state index contributed by atoms with van der Waals surface area (Å²) in [5, 5.41) is 70.4. The van der Waals surface area contributed by atoms with Gasteiger partial charge in [0.2, 0.25) is 6.29 Å². The molecule has 1 aromatic rings. The zero-order valence-corrected chi connectivity index (χ0v) is 18.3. The number of ether oxygens (including phenoxy) is 5. The lowest BCUT2D eigenvalue weighted by atomic mass is 9.97. The predicted molar refractivity (Wildman–Crippen MR) is 109 cm³/mol. The van der Waals surface area contributed by atoms with Crippen LogP contribution >= 0.6 is 0 Å². The average molecular weight is 490 g/mol. The van der Waals surface area contributed by atoms with Gasteiger partial charge in [-0.2, -0.15) is 0 Å². The summed E-state index contributed by atoms with van der Waals surface area (Å²) in [4.78, 5) is 12.2. The third kappa shape index (κ3) is 5.49. The molecule has 1 unspecified atom stereocenters. The molecule has 0 saturated carbocycles. The molecule has 10 atom stereocenters. The fourth-order valence-electron chi connectivity index (χ4n) is 3.72. The number of aliphatic hydroxyl groups is 7. The smallest absolute Gasteiger partial charge is 0.341 e. The summed E-state index contributed by atoms with van der Waals surface area (Å²) in [6.45, 7) is 0.340. The number of carbonyl (C=O) groups is 1. The normalized spacial score (nSPS) is 38.4. The summed E-state index contributed by atoms with van der Waals surface area (Å²) in [7, 11) is 0. The van der Waals surface area contributed by atoms with Crippen molar-refractivity contribution in [3.63, 3.8) is 0 Å². The summed E-state index contributed by atoms with van der Waals surface area (Å²) < 4.78 is 26.9. The molecule has 2 aliphatic rings. The van der Waals surface area contributed by atoms with E-state index in [-0.39, 0.29) is 17.9 Å². The lowest BCUT2D eigenvalue weighted by molar-refractivity contribution is -0.352. The van der Waals surface area contributed by atoms with Gasteiger partial charge >= 0.3 is 5.97 Å². The second kappa shape index (κ2) is 11.7. The first-order chi connectivity index (χ1) is 16.2. The molecule has 0 aromatic heterocycles. The Labute approximate surface area is 194 Å². The highest BCUT2D eigenvalue weighted by Gasteiger charge is 2.51. The first-order valence-electron chi connectivity index (χ1n) is 10.7. The molecule has 2 aliphatic heterocycles. The second-order valence-corrected chi connectivity index (χ2v) is 7.84. The van der Waals surface area contributed by atoms with E-state index in [4.69, 9.17) is 23.7 Å². The minimum Gasteiger partial charge on any atom is -0.462 e. The number of rotatable bonds is 8. The zero-order chi connectivity index (χ0) is 25.0. The van der Waals surface area contributed by atoms with Gasteiger partial charge in [-0.05, 0) is 19.1 Å². The summed E-state index contributed by atoms with van der Waals surface area (Å²) >= 11 is 0. The molecule has 2 fully saturated rings. The highest BCUT2D eigenvalue weighted by molar-refractivity contribution is 5.92. The van der Waals surface area contributed by atoms with E-state index in [2.05, 4.69) is 0 Å². The van der Waals surface area contributed by atoms with Gasteiger partial charge in [0.25, 0.3) is 0 Å². The van der Waals surface area contributed by atoms with Crippen LogP contribution in [0, 0.1) is 0 Å². The van der Waals surface area contributed by atoms with Crippen LogP contribution in [0.4, 0.5) is 0 Å². The fraction of sp³-hybridized carbons (Fsp3) is 0.667. The quantitative estimate of drug-likeness (QED) is 0.180. The molecule has 13 nitrogen and oxygen atoms in total. The van der Waals surface area contributed by atoms with Crippen LogP contribution in [0.3, 0.4) is 0 Å². The van der Waals surface area contributed by atoms with Crippen LogP contribution < -0.4 is 4.74 Å². The molecule has 0 bridgehead atoms. The average Bonchev–Trinajstić information content (AvgIpc) is 2.84. The first-order valence-corrected chi connectivity index (χ1v) is 10.7. The van der Waals surface area contributed by atoms with Gasteiger partial charge in [0.15, 0.2) is 6.29 Å². The zero-order valence-electron chi connectivity index (χ0n) is 18.3. The van der Waals surface area contributed by atoms with Gasteiger partial charge in [-0.15, -0.1) is 0 Å². The largest absolute Gasteiger partial charge is 0.462 e. The number of hydrogen-bond donors (Lipinski definition) is 7. The molecule has 0 aliphatic carbocycles. The first kappa shape index (κ1) is 26.7. The van der Waals surface area contributed by atoms with Gasteiger partial charge in [0.05, 0.1) is 19.8 Å². The summed E-state index contributed by atoms with van der Waals surface area (Å²) in [6.07, 6.45) is -15.8. The SMILES string of the molecule is CCOC(=O)c1ccccc1O[C@@H]1O[C@H](CO)[C@@H](O[C@@H]2O[C@H](CO)[C@H](O)[C@H](O)[C@H]2O)C(O)[C@H]1O. The Morgan fingerprint density at radius 1 is 0.853 bits per heavy atom. The monoisotopic (exact) mass is 490 g/mol. The molecule has 3 rings (SSSR count). The van der Waals surface area contributed by atoms with Crippen molar-refractivity contribution in [3.8, 4) is 5.75 Å². The number of carbonyl (C=O) groups excluding carboxylic acids is 1. The topological polar surface area (TPSA) is 205 Å².